The summed E-state index contributed by atoms with van der Waals surface area (Å²) in [5, 5.41) is 11.8. The van der Waals surface area contributed by atoms with E-state index in [0.29, 0.717) is 6.42 Å². The molecule has 1 atom stereocenters. The third kappa shape index (κ3) is 2.25. The minimum Gasteiger partial charge on any atom is -0.394 e. The molecule has 0 aliphatic heterocycles. The van der Waals surface area contributed by atoms with Crippen LogP contribution in [0.25, 0.3) is 0 Å². The lowest BCUT2D eigenvalue weighted by atomic mass is 10.2. The van der Waals surface area contributed by atoms with Gasteiger partial charge in [-0.1, -0.05) is 6.92 Å². The van der Waals surface area contributed by atoms with E-state index in [1.54, 1.807) is 0 Å². The highest BCUT2D eigenvalue weighted by Gasteiger charge is 2.13. The molecule has 5 N–H and O–H groups in total. The molecule has 1 rings (SSSR count). The number of aromatic nitrogens is 2. The second-order valence-corrected chi connectivity index (χ2v) is 3.51. The molecule has 0 amide bonds. The van der Waals surface area contributed by atoms with E-state index in [1.807, 2.05) is 6.92 Å². The van der Waals surface area contributed by atoms with E-state index < -0.39 is 11.2 Å². The molecule has 1 heterocycles. The van der Waals surface area contributed by atoms with E-state index in [0.717, 1.165) is 4.57 Å². The molecule has 7 heteroatoms. The first kappa shape index (κ1) is 12.3. The van der Waals surface area contributed by atoms with Gasteiger partial charge in [0.05, 0.1) is 6.61 Å². The maximum absolute atomic E-state index is 11.5. The standard InChI is InChI=1S/C9H16N4O3/c1-3-5(4-14)11-6-7(10)13(2)9(16)12-8(6)15/h5,11,14H,3-4,10H2,1-2H3,(H,12,15,16). The predicted octanol–water partition coefficient (Wildman–Crippen LogP) is -1.16. The van der Waals surface area contributed by atoms with E-state index in [9.17, 15) is 9.59 Å². The highest BCUT2D eigenvalue weighted by molar-refractivity contribution is 5.60. The van der Waals surface area contributed by atoms with Crippen LogP contribution in [0, 0.1) is 0 Å². The normalized spacial score (nSPS) is 12.4. The van der Waals surface area contributed by atoms with E-state index in [-0.39, 0.29) is 24.2 Å². The summed E-state index contributed by atoms with van der Waals surface area (Å²) in [6, 6.07) is -0.263. The summed E-state index contributed by atoms with van der Waals surface area (Å²) in [7, 11) is 1.46. The van der Waals surface area contributed by atoms with Crippen LogP contribution in [0.2, 0.25) is 0 Å². The first-order valence-electron chi connectivity index (χ1n) is 4.97. The van der Waals surface area contributed by atoms with Crippen molar-refractivity contribution < 1.29 is 5.11 Å². The quantitative estimate of drug-likeness (QED) is 0.519. The van der Waals surface area contributed by atoms with Gasteiger partial charge in [-0.05, 0) is 6.42 Å². The first-order chi connectivity index (χ1) is 7.51. The van der Waals surface area contributed by atoms with Gasteiger partial charge in [-0.25, -0.2) is 4.79 Å². The minimum absolute atomic E-state index is 0.0562. The monoisotopic (exact) mass is 228 g/mol. The number of rotatable bonds is 4. The third-order valence-electron chi connectivity index (χ3n) is 2.43. The van der Waals surface area contributed by atoms with Crippen molar-refractivity contribution in [3.8, 4) is 0 Å². The summed E-state index contributed by atoms with van der Waals surface area (Å²) in [5.74, 6) is 0.0562. The Balaban J connectivity index is 3.19. The summed E-state index contributed by atoms with van der Waals surface area (Å²) < 4.78 is 1.13. The maximum atomic E-state index is 11.5. The molecule has 0 aliphatic carbocycles. The molecule has 0 fully saturated rings. The fourth-order valence-corrected chi connectivity index (χ4v) is 1.26. The van der Waals surface area contributed by atoms with Crippen LogP contribution in [0.3, 0.4) is 0 Å². The Labute approximate surface area is 91.9 Å². The second-order valence-electron chi connectivity index (χ2n) is 3.51. The van der Waals surface area contributed by atoms with Crippen LogP contribution in [-0.4, -0.2) is 27.3 Å². The van der Waals surface area contributed by atoms with Crippen molar-refractivity contribution in [1.82, 2.24) is 9.55 Å². The van der Waals surface area contributed by atoms with Crippen LogP contribution in [0.15, 0.2) is 9.59 Å². The Morgan fingerprint density at radius 1 is 1.56 bits per heavy atom. The van der Waals surface area contributed by atoms with Gasteiger partial charge in [0.2, 0.25) is 0 Å². The molecule has 1 aromatic rings. The fourth-order valence-electron chi connectivity index (χ4n) is 1.26. The largest absolute Gasteiger partial charge is 0.394 e. The van der Waals surface area contributed by atoms with E-state index >= 15 is 0 Å². The Morgan fingerprint density at radius 3 is 2.69 bits per heavy atom. The number of H-pyrrole nitrogens is 1. The number of hydrogen-bond acceptors (Lipinski definition) is 5. The van der Waals surface area contributed by atoms with Crippen molar-refractivity contribution in [2.75, 3.05) is 17.7 Å². The molecular weight excluding hydrogens is 212 g/mol. The Hall–Kier alpha value is -1.76. The summed E-state index contributed by atoms with van der Waals surface area (Å²) in [4.78, 5) is 24.8. The van der Waals surface area contributed by atoms with Crippen LogP contribution in [0.1, 0.15) is 13.3 Å². The number of nitrogens with zero attached hydrogens (tertiary/aromatic N) is 1. The van der Waals surface area contributed by atoms with Crippen molar-refractivity contribution in [3.63, 3.8) is 0 Å². The van der Waals surface area contributed by atoms with Gasteiger partial charge in [-0.3, -0.25) is 14.3 Å². The van der Waals surface area contributed by atoms with Gasteiger partial charge in [0.15, 0.2) is 0 Å². The van der Waals surface area contributed by atoms with Gasteiger partial charge >= 0.3 is 5.69 Å². The average Bonchev–Trinajstić information content (AvgIpc) is 2.27. The number of nitrogen functional groups attached to an aromatic ring is 1. The molecule has 0 radical (unpaired) electrons. The van der Waals surface area contributed by atoms with E-state index in [2.05, 4.69) is 10.3 Å². The lowest BCUT2D eigenvalue weighted by Gasteiger charge is -2.16. The number of aromatic amines is 1. The Bertz CT molecular complexity index is 473. The van der Waals surface area contributed by atoms with Crippen molar-refractivity contribution in [2.24, 2.45) is 7.05 Å². The third-order valence-corrected chi connectivity index (χ3v) is 2.43. The van der Waals surface area contributed by atoms with E-state index in [1.165, 1.54) is 7.05 Å². The lowest BCUT2D eigenvalue weighted by molar-refractivity contribution is 0.271. The SMILES string of the molecule is CCC(CO)Nc1c(N)n(C)c(=O)[nH]c1=O. The van der Waals surface area contributed by atoms with Crippen molar-refractivity contribution >= 4 is 11.5 Å². The topological polar surface area (TPSA) is 113 Å². The fraction of sp³-hybridized carbons (Fsp3) is 0.556. The molecule has 0 saturated heterocycles. The molecule has 1 unspecified atom stereocenters. The molecule has 0 aliphatic rings. The molecule has 0 aromatic carbocycles. The molecule has 0 saturated carbocycles. The molecular formula is C9H16N4O3. The molecule has 1 aromatic heterocycles. The molecule has 16 heavy (non-hydrogen) atoms. The highest BCUT2D eigenvalue weighted by Crippen LogP contribution is 2.10. The zero-order chi connectivity index (χ0) is 12.3. The molecule has 0 bridgehead atoms. The van der Waals surface area contributed by atoms with E-state index in [4.69, 9.17) is 10.8 Å². The van der Waals surface area contributed by atoms with Gasteiger partial charge in [0.1, 0.15) is 11.5 Å². The van der Waals surface area contributed by atoms with Gasteiger partial charge in [0.25, 0.3) is 5.56 Å². The number of nitrogens with two attached hydrogens (primary N) is 1. The van der Waals surface area contributed by atoms with Crippen LogP contribution >= 0.6 is 0 Å². The molecule has 90 valence electrons. The minimum atomic E-state index is -0.576. The zero-order valence-electron chi connectivity index (χ0n) is 9.28. The van der Waals surface area contributed by atoms with Crippen molar-refractivity contribution in [1.29, 1.82) is 0 Å². The smallest absolute Gasteiger partial charge is 0.329 e. The van der Waals surface area contributed by atoms with Gasteiger partial charge in [-0.15, -0.1) is 0 Å². The van der Waals surface area contributed by atoms with Crippen molar-refractivity contribution in [2.45, 2.75) is 19.4 Å². The molecule has 0 spiro atoms. The maximum Gasteiger partial charge on any atom is 0.329 e. The lowest BCUT2D eigenvalue weighted by Crippen LogP contribution is -2.35. The number of hydrogen-bond donors (Lipinski definition) is 4. The Morgan fingerprint density at radius 2 is 2.19 bits per heavy atom. The van der Waals surface area contributed by atoms with Gasteiger partial charge in [0, 0.05) is 13.1 Å². The first-order valence-corrected chi connectivity index (χ1v) is 4.97. The van der Waals surface area contributed by atoms with Crippen molar-refractivity contribution in [3.05, 3.63) is 20.8 Å². The number of aliphatic hydroxyl groups is 1. The second kappa shape index (κ2) is 4.84. The zero-order valence-corrected chi connectivity index (χ0v) is 9.28. The van der Waals surface area contributed by atoms with Gasteiger partial charge < -0.3 is 16.2 Å². The van der Waals surface area contributed by atoms with Crippen LogP contribution in [0.4, 0.5) is 11.5 Å². The Kier molecular flexibility index (Phi) is 3.73. The average molecular weight is 228 g/mol. The number of nitrogens with one attached hydrogen (secondary N) is 2. The molecule has 7 nitrogen and oxygen atoms in total. The van der Waals surface area contributed by atoms with Gasteiger partial charge in [-0.2, -0.15) is 0 Å². The summed E-state index contributed by atoms with van der Waals surface area (Å²) in [6.07, 6.45) is 0.637. The number of aliphatic hydroxyl groups excluding tert-OH is 1. The summed E-state index contributed by atoms with van der Waals surface area (Å²) >= 11 is 0. The van der Waals surface area contributed by atoms with Crippen LogP contribution in [-0.2, 0) is 7.05 Å². The number of anilines is 2. The predicted molar refractivity (Wildman–Crippen MR) is 61.5 cm³/mol. The van der Waals surface area contributed by atoms with Crippen LogP contribution in [0.5, 0.6) is 0 Å². The summed E-state index contributed by atoms with van der Waals surface area (Å²) in [5.41, 5.74) is 4.61. The summed E-state index contributed by atoms with van der Waals surface area (Å²) in [6.45, 7) is 1.75. The highest BCUT2D eigenvalue weighted by atomic mass is 16.3. The van der Waals surface area contributed by atoms with Crippen LogP contribution < -0.4 is 22.3 Å².